The molecular weight excluding hydrogens is 849 g/mol. The third kappa shape index (κ3) is 5.41. The Bertz CT molecular complexity index is 4450. The van der Waals surface area contributed by atoms with Crippen LogP contribution in [0.25, 0.3) is 132 Å². The van der Waals surface area contributed by atoms with E-state index in [-0.39, 0.29) is 0 Å². The predicted molar refractivity (Wildman–Crippen MR) is 295 cm³/mol. The topological polar surface area (TPSA) is 19.7 Å². The summed E-state index contributed by atoms with van der Waals surface area (Å²) in [7, 11) is 0. The van der Waals surface area contributed by atoms with Gasteiger partial charge in [0.05, 0.1) is 66.9 Å². The van der Waals surface area contributed by atoms with E-state index in [4.69, 9.17) is 0 Å². The quantitative estimate of drug-likeness (QED) is 0.158. The van der Waals surface area contributed by atoms with Gasteiger partial charge in [-0.3, -0.25) is 0 Å². The maximum Gasteiger partial charge on any atom is 0.0782 e. The Morgan fingerprint density at radius 3 is 0.857 bits per heavy atom. The van der Waals surface area contributed by atoms with Gasteiger partial charge in [0.2, 0.25) is 0 Å². The molecule has 0 N–H and O–H groups in total. The number of fused-ring (bicyclic) bond motifs is 12. The Kier molecular flexibility index (Phi) is 8.33. The highest BCUT2D eigenvalue weighted by molar-refractivity contribution is 6.16. The van der Waals surface area contributed by atoms with Crippen molar-refractivity contribution in [2.75, 3.05) is 0 Å². The number of nitrogens with zero attached hydrogens (tertiary/aromatic N) is 4. The van der Waals surface area contributed by atoms with Gasteiger partial charge in [-0.2, -0.15) is 0 Å². The maximum atomic E-state index is 2.53. The SMILES string of the molecule is c1ccc(-n2c3ccccc3c3ccccc32)c(-c2cccc(-c3ccccc3-n3c4ccccc4c4cccc(-n5c6ccccc6c6ccccc65)c43)c2-n2c3ccccc3c3ccccc32)c1. The fraction of sp³-hybridized carbons (Fsp3) is 0. The van der Waals surface area contributed by atoms with Gasteiger partial charge in [0.1, 0.15) is 0 Å². The summed E-state index contributed by atoms with van der Waals surface area (Å²) >= 11 is 0. The van der Waals surface area contributed by atoms with Crippen LogP contribution in [-0.4, -0.2) is 18.3 Å². The van der Waals surface area contributed by atoms with Crippen molar-refractivity contribution in [3.63, 3.8) is 0 Å². The van der Waals surface area contributed by atoms with E-state index in [1.54, 1.807) is 0 Å². The number of benzene rings is 11. The summed E-state index contributed by atoms with van der Waals surface area (Å²) in [6.07, 6.45) is 0. The van der Waals surface area contributed by atoms with Gasteiger partial charge < -0.3 is 18.3 Å². The number of hydrogen-bond donors (Lipinski definition) is 0. The molecule has 0 fully saturated rings. The maximum absolute atomic E-state index is 2.53. The lowest BCUT2D eigenvalue weighted by Gasteiger charge is -2.23. The monoisotopic (exact) mass is 890 g/mol. The fourth-order valence-corrected chi connectivity index (χ4v) is 12.0. The average Bonchev–Trinajstić information content (AvgIpc) is 4.16. The summed E-state index contributed by atoms with van der Waals surface area (Å²) in [6, 6.07) is 93.7. The fourth-order valence-electron chi connectivity index (χ4n) is 12.0. The zero-order valence-corrected chi connectivity index (χ0v) is 38.0. The van der Waals surface area contributed by atoms with Crippen molar-refractivity contribution in [3.8, 4) is 45.0 Å². The van der Waals surface area contributed by atoms with Gasteiger partial charge in [0, 0.05) is 65.3 Å². The standard InChI is InChI=1S/C66H42N4/c1-10-33-55-43(21-1)44-22-2-11-34-56(44)67(55)59-37-14-7-27-49(59)52-30-19-31-53(65(52)69-60-38-15-5-25-47(60)48-26-6-16-39-61(48)69)50-28-8-17-40-62(50)70-63-41-18-9-29-51(63)54-32-20-42-64(66(54)70)68-57-35-12-3-23-45(57)46-24-4-13-36-58(46)68/h1-42H. The molecule has 0 spiro atoms. The van der Waals surface area contributed by atoms with Crippen molar-refractivity contribution >= 4 is 87.2 Å². The molecule has 15 rings (SSSR count). The van der Waals surface area contributed by atoms with E-state index in [1.807, 2.05) is 0 Å². The lowest BCUT2D eigenvalue weighted by molar-refractivity contribution is 1.13. The summed E-state index contributed by atoms with van der Waals surface area (Å²) in [5, 5.41) is 9.84. The van der Waals surface area contributed by atoms with Crippen molar-refractivity contribution in [1.82, 2.24) is 18.3 Å². The van der Waals surface area contributed by atoms with E-state index in [2.05, 4.69) is 273 Å². The van der Waals surface area contributed by atoms with E-state index < -0.39 is 0 Å². The van der Waals surface area contributed by atoms with Crippen LogP contribution < -0.4 is 0 Å². The molecule has 70 heavy (non-hydrogen) atoms. The van der Waals surface area contributed by atoms with Gasteiger partial charge >= 0.3 is 0 Å². The summed E-state index contributed by atoms with van der Waals surface area (Å²) < 4.78 is 10.0. The lowest BCUT2D eigenvalue weighted by atomic mass is 9.93. The van der Waals surface area contributed by atoms with Crippen LogP contribution in [0.15, 0.2) is 255 Å². The van der Waals surface area contributed by atoms with Gasteiger partial charge in [0.25, 0.3) is 0 Å². The first-order valence-corrected chi connectivity index (χ1v) is 24.1. The van der Waals surface area contributed by atoms with Crippen molar-refractivity contribution in [3.05, 3.63) is 255 Å². The van der Waals surface area contributed by atoms with Crippen LogP contribution in [0.1, 0.15) is 0 Å². The van der Waals surface area contributed by atoms with E-state index in [0.29, 0.717) is 0 Å². The highest BCUT2D eigenvalue weighted by Gasteiger charge is 2.26. The van der Waals surface area contributed by atoms with Crippen LogP contribution in [0.2, 0.25) is 0 Å². The second-order valence-electron chi connectivity index (χ2n) is 18.4. The van der Waals surface area contributed by atoms with Crippen LogP contribution in [-0.2, 0) is 0 Å². The molecule has 15 aromatic rings. The molecule has 4 heteroatoms. The van der Waals surface area contributed by atoms with Crippen LogP contribution in [0.3, 0.4) is 0 Å². The molecule has 0 bridgehead atoms. The van der Waals surface area contributed by atoms with E-state index in [9.17, 15) is 0 Å². The Morgan fingerprint density at radius 2 is 0.429 bits per heavy atom. The molecule has 0 saturated carbocycles. The molecule has 4 aromatic heterocycles. The van der Waals surface area contributed by atoms with Crippen LogP contribution in [0.4, 0.5) is 0 Å². The molecule has 326 valence electrons. The number of aromatic nitrogens is 4. The Balaban J connectivity index is 1.08. The van der Waals surface area contributed by atoms with Gasteiger partial charge in [-0.05, 0) is 60.7 Å². The lowest BCUT2D eigenvalue weighted by Crippen LogP contribution is -2.05. The van der Waals surface area contributed by atoms with Crippen molar-refractivity contribution in [2.45, 2.75) is 0 Å². The predicted octanol–water partition coefficient (Wildman–Crippen LogP) is 17.4. The largest absolute Gasteiger partial charge is 0.309 e. The average molecular weight is 891 g/mol. The molecule has 11 aromatic carbocycles. The highest BCUT2D eigenvalue weighted by Crippen LogP contribution is 2.47. The molecule has 0 atom stereocenters. The summed E-state index contributed by atoms with van der Waals surface area (Å²) in [6.45, 7) is 0. The zero-order chi connectivity index (χ0) is 45.9. The van der Waals surface area contributed by atoms with E-state index >= 15 is 0 Å². The summed E-state index contributed by atoms with van der Waals surface area (Å²) in [5.74, 6) is 0. The van der Waals surface area contributed by atoms with E-state index in [0.717, 1.165) is 67.1 Å². The molecule has 0 aliphatic heterocycles. The minimum Gasteiger partial charge on any atom is -0.309 e. The van der Waals surface area contributed by atoms with Gasteiger partial charge in [-0.15, -0.1) is 0 Å². The molecule has 4 nitrogen and oxygen atoms in total. The minimum absolute atomic E-state index is 1.11. The third-order valence-corrected chi connectivity index (χ3v) is 14.8. The molecule has 0 radical (unpaired) electrons. The molecule has 0 saturated heterocycles. The molecule has 0 aliphatic carbocycles. The molecule has 0 unspecified atom stereocenters. The van der Waals surface area contributed by atoms with Crippen molar-refractivity contribution in [2.24, 2.45) is 0 Å². The highest BCUT2D eigenvalue weighted by atomic mass is 15.1. The first-order valence-electron chi connectivity index (χ1n) is 24.1. The normalized spacial score (nSPS) is 12.0. The van der Waals surface area contributed by atoms with Gasteiger partial charge in [-0.25, -0.2) is 0 Å². The zero-order valence-electron chi connectivity index (χ0n) is 38.0. The number of hydrogen-bond acceptors (Lipinski definition) is 0. The summed E-state index contributed by atoms with van der Waals surface area (Å²) in [4.78, 5) is 0. The first kappa shape index (κ1) is 38.7. The molecule has 4 heterocycles. The smallest absolute Gasteiger partial charge is 0.0782 e. The second kappa shape index (κ2) is 15.1. The Morgan fingerprint density at radius 1 is 0.171 bits per heavy atom. The molecule has 0 aliphatic rings. The minimum atomic E-state index is 1.11. The third-order valence-electron chi connectivity index (χ3n) is 14.8. The second-order valence-corrected chi connectivity index (χ2v) is 18.4. The van der Waals surface area contributed by atoms with E-state index in [1.165, 1.54) is 65.2 Å². The summed E-state index contributed by atoms with van der Waals surface area (Å²) in [5.41, 5.74) is 18.4. The number of para-hydroxylation sites is 11. The first-order chi connectivity index (χ1) is 34.8. The van der Waals surface area contributed by atoms with Gasteiger partial charge in [0.15, 0.2) is 0 Å². The van der Waals surface area contributed by atoms with Crippen LogP contribution >= 0.6 is 0 Å². The van der Waals surface area contributed by atoms with Crippen LogP contribution in [0, 0.1) is 0 Å². The molecule has 0 amide bonds. The Hall–Kier alpha value is -9.38. The van der Waals surface area contributed by atoms with Crippen molar-refractivity contribution < 1.29 is 0 Å². The number of rotatable bonds is 6. The Labute approximate surface area is 403 Å². The van der Waals surface area contributed by atoms with Crippen molar-refractivity contribution in [1.29, 1.82) is 0 Å². The van der Waals surface area contributed by atoms with Crippen LogP contribution in [0.5, 0.6) is 0 Å². The van der Waals surface area contributed by atoms with Gasteiger partial charge in [-0.1, -0.05) is 194 Å². The molecular formula is C66H42N4.